The Bertz CT molecular complexity index is 1190. The van der Waals surface area contributed by atoms with Crippen LogP contribution in [0.5, 0.6) is 0 Å². The molecule has 1 aromatic heterocycles. The second-order valence-corrected chi connectivity index (χ2v) is 7.79. The monoisotopic (exact) mass is 489 g/mol. The molecule has 0 unspecified atom stereocenters. The van der Waals surface area contributed by atoms with Gasteiger partial charge in [-0.3, -0.25) is 19.6 Å². The summed E-state index contributed by atoms with van der Waals surface area (Å²) in [5, 5.41) is 12.1. The highest BCUT2D eigenvalue weighted by Gasteiger charge is 2.14. The Kier molecular flexibility index (Phi) is 7.37. The molecule has 2 aliphatic rings. The summed E-state index contributed by atoms with van der Waals surface area (Å²) in [7, 11) is 0. The largest absolute Gasteiger partial charge is 0.368 e. The van der Waals surface area contributed by atoms with E-state index in [9.17, 15) is 9.59 Å². The molecule has 9 nitrogen and oxygen atoms in total. The first kappa shape index (κ1) is 23.9. The standard InChI is InChI=1S/C25H23N7O2.ClH/c33-24(30-18-8-4-16(5-9-18)22-26-12-13-27-22)20-2-1-3-21(32-20)25(34)31-19-10-6-17(7-11-19)23-28-14-15-29-23;/h1-11H,12-15H2,(H,26,27)(H,28,29)(H,30,33)(H,31,34);1H. The molecular formula is C25H24ClN7O2. The van der Waals surface area contributed by atoms with Crippen LogP contribution in [0.1, 0.15) is 32.1 Å². The van der Waals surface area contributed by atoms with Crippen LogP contribution in [0, 0.1) is 0 Å². The second-order valence-electron chi connectivity index (χ2n) is 7.79. The topological polar surface area (TPSA) is 120 Å². The van der Waals surface area contributed by atoms with Gasteiger partial charge >= 0.3 is 0 Å². The minimum absolute atomic E-state index is 0. The number of anilines is 2. The molecule has 35 heavy (non-hydrogen) atoms. The van der Waals surface area contributed by atoms with E-state index in [-0.39, 0.29) is 23.8 Å². The molecule has 5 rings (SSSR count). The van der Waals surface area contributed by atoms with Crippen molar-refractivity contribution in [3.05, 3.63) is 89.2 Å². The first-order valence-corrected chi connectivity index (χ1v) is 11.0. The van der Waals surface area contributed by atoms with Crippen LogP contribution in [-0.2, 0) is 0 Å². The molecule has 0 saturated carbocycles. The number of benzene rings is 2. The van der Waals surface area contributed by atoms with Gasteiger partial charge in [0.05, 0.1) is 13.1 Å². The van der Waals surface area contributed by atoms with Gasteiger partial charge in [-0.05, 0) is 60.7 Å². The maximum Gasteiger partial charge on any atom is 0.274 e. The number of halogens is 1. The number of nitrogens with one attached hydrogen (secondary N) is 4. The van der Waals surface area contributed by atoms with E-state index < -0.39 is 11.8 Å². The maximum atomic E-state index is 12.7. The van der Waals surface area contributed by atoms with E-state index in [0.717, 1.165) is 49.0 Å². The van der Waals surface area contributed by atoms with Gasteiger partial charge in [-0.15, -0.1) is 12.4 Å². The van der Waals surface area contributed by atoms with E-state index >= 15 is 0 Å². The van der Waals surface area contributed by atoms with Crippen molar-refractivity contribution in [1.29, 1.82) is 0 Å². The lowest BCUT2D eigenvalue weighted by atomic mass is 10.2. The summed E-state index contributed by atoms with van der Waals surface area (Å²) in [6, 6.07) is 19.6. The summed E-state index contributed by atoms with van der Waals surface area (Å²) in [5.41, 5.74) is 3.50. The lowest BCUT2D eigenvalue weighted by Gasteiger charge is -2.09. The van der Waals surface area contributed by atoms with E-state index in [2.05, 4.69) is 36.2 Å². The Morgan fingerprint density at radius 2 is 1.09 bits per heavy atom. The molecule has 2 aromatic carbocycles. The van der Waals surface area contributed by atoms with E-state index in [4.69, 9.17) is 0 Å². The third kappa shape index (κ3) is 5.64. The molecule has 0 spiro atoms. The van der Waals surface area contributed by atoms with Crippen molar-refractivity contribution in [2.45, 2.75) is 0 Å². The molecule has 0 aliphatic carbocycles. The van der Waals surface area contributed by atoms with E-state index in [1.807, 2.05) is 48.5 Å². The third-order valence-corrected chi connectivity index (χ3v) is 5.40. The molecule has 0 fully saturated rings. The number of amidine groups is 2. The van der Waals surface area contributed by atoms with Gasteiger partial charge in [-0.25, -0.2) is 4.98 Å². The van der Waals surface area contributed by atoms with Crippen LogP contribution in [0.4, 0.5) is 11.4 Å². The second kappa shape index (κ2) is 10.8. The van der Waals surface area contributed by atoms with Crippen molar-refractivity contribution in [2.75, 3.05) is 36.8 Å². The van der Waals surface area contributed by atoms with Crippen LogP contribution in [0.3, 0.4) is 0 Å². The number of pyridine rings is 1. The number of amides is 2. The number of hydrogen-bond acceptors (Lipinski definition) is 7. The molecule has 0 bridgehead atoms. The van der Waals surface area contributed by atoms with E-state index in [1.54, 1.807) is 18.2 Å². The highest BCUT2D eigenvalue weighted by atomic mass is 35.5. The van der Waals surface area contributed by atoms with Gasteiger partial charge in [0.25, 0.3) is 11.8 Å². The number of nitrogens with zero attached hydrogens (tertiary/aromatic N) is 3. The fourth-order valence-corrected chi connectivity index (χ4v) is 3.68. The Balaban J connectivity index is 0.00000289. The Morgan fingerprint density at radius 1 is 0.657 bits per heavy atom. The first-order chi connectivity index (χ1) is 16.7. The van der Waals surface area contributed by atoms with Crippen molar-refractivity contribution in [3.63, 3.8) is 0 Å². The van der Waals surface area contributed by atoms with E-state index in [0.29, 0.717) is 11.4 Å². The average molecular weight is 490 g/mol. The Labute approximate surface area is 208 Å². The van der Waals surface area contributed by atoms with Gasteiger partial charge in [-0.2, -0.15) is 0 Å². The van der Waals surface area contributed by atoms with Crippen LogP contribution < -0.4 is 21.3 Å². The molecule has 4 N–H and O–H groups in total. The summed E-state index contributed by atoms with van der Waals surface area (Å²) >= 11 is 0. The van der Waals surface area contributed by atoms with Crippen LogP contribution >= 0.6 is 12.4 Å². The molecule has 3 heterocycles. The highest BCUT2D eigenvalue weighted by Crippen LogP contribution is 2.14. The number of aromatic nitrogens is 1. The fraction of sp³-hybridized carbons (Fsp3) is 0.160. The minimum atomic E-state index is -0.395. The summed E-state index contributed by atoms with van der Waals surface area (Å²) in [6.07, 6.45) is 0. The predicted octanol–water partition coefficient (Wildman–Crippen LogP) is 2.71. The zero-order valence-electron chi connectivity index (χ0n) is 18.7. The number of rotatable bonds is 6. The SMILES string of the molecule is Cl.O=C(Nc1ccc(C2=NCCN2)cc1)c1cccc(C(=O)Nc2ccc(C3=NCCN3)cc2)n1. The molecule has 0 saturated heterocycles. The summed E-state index contributed by atoms with van der Waals surface area (Å²) in [5.74, 6) is 0.926. The van der Waals surface area contributed by atoms with Crippen LogP contribution in [0.2, 0.25) is 0 Å². The van der Waals surface area contributed by atoms with Gasteiger partial charge in [0.1, 0.15) is 23.1 Å². The summed E-state index contributed by atoms with van der Waals surface area (Å²) < 4.78 is 0. The summed E-state index contributed by atoms with van der Waals surface area (Å²) in [4.78, 5) is 38.4. The predicted molar refractivity (Wildman–Crippen MR) is 139 cm³/mol. The normalized spacial score (nSPS) is 14.1. The van der Waals surface area contributed by atoms with Crippen LogP contribution in [-0.4, -0.2) is 54.6 Å². The lowest BCUT2D eigenvalue weighted by molar-refractivity contribution is 0.101. The Hall–Kier alpha value is -4.24. The van der Waals surface area contributed by atoms with Crippen molar-refractivity contribution < 1.29 is 9.59 Å². The molecule has 0 atom stereocenters. The maximum absolute atomic E-state index is 12.7. The molecular weight excluding hydrogens is 466 g/mol. The molecule has 2 aliphatic heterocycles. The number of aliphatic imine (C=N–C) groups is 2. The van der Waals surface area contributed by atoms with Crippen LogP contribution in [0.15, 0.2) is 76.7 Å². The zero-order valence-corrected chi connectivity index (χ0v) is 19.6. The fourth-order valence-electron chi connectivity index (χ4n) is 3.68. The number of hydrogen-bond donors (Lipinski definition) is 4. The quantitative estimate of drug-likeness (QED) is 0.424. The van der Waals surface area contributed by atoms with E-state index in [1.165, 1.54) is 0 Å². The van der Waals surface area contributed by atoms with Gasteiger partial charge in [0.15, 0.2) is 0 Å². The number of carbonyl (C=O) groups is 2. The molecule has 2 amide bonds. The van der Waals surface area contributed by atoms with Crippen molar-refractivity contribution >= 4 is 47.3 Å². The molecule has 10 heteroatoms. The molecule has 3 aromatic rings. The lowest BCUT2D eigenvalue weighted by Crippen LogP contribution is -2.20. The first-order valence-electron chi connectivity index (χ1n) is 11.0. The average Bonchev–Trinajstić information content (AvgIpc) is 3.60. The van der Waals surface area contributed by atoms with Gasteiger partial charge in [0.2, 0.25) is 0 Å². The highest BCUT2D eigenvalue weighted by molar-refractivity contribution is 6.07. The van der Waals surface area contributed by atoms with Gasteiger partial charge in [-0.1, -0.05) is 6.07 Å². The van der Waals surface area contributed by atoms with Crippen LogP contribution in [0.25, 0.3) is 0 Å². The third-order valence-electron chi connectivity index (χ3n) is 5.40. The smallest absolute Gasteiger partial charge is 0.274 e. The van der Waals surface area contributed by atoms with Crippen molar-refractivity contribution in [3.8, 4) is 0 Å². The minimum Gasteiger partial charge on any atom is -0.368 e. The zero-order chi connectivity index (χ0) is 23.3. The van der Waals surface area contributed by atoms with Crippen molar-refractivity contribution in [1.82, 2.24) is 15.6 Å². The Morgan fingerprint density at radius 3 is 1.46 bits per heavy atom. The summed E-state index contributed by atoms with van der Waals surface area (Å²) in [6.45, 7) is 3.20. The molecule has 178 valence electrons. The van der Waals surface area contributed by atoms with Gasteiger partial charge in [0, 0.05) is 35.6 Å². The molecule has 0 radical (unpaired) electrons. The van der Waals surface area contributed by atoms with Crippen molar-refractivity contribution in [2.24, 2.45) is 9.98 Å². The number of carbonyl (C=O) groups excluding carboxylic acids is 2. The van der Waals surface area contributed by atoms with Gasteiger partial charge < -0.3 is 21.3 Å².